The summed E-state index contributed by atoms with van der Waals surface area (Å²) in [5.41, 5.74) is 1.96. The topological polar surface area (TPSA) is 74.3 Å². The molecule has 0 aliphatic carbocycles. The van der Waals surface area contributed by atoms with Crippen molar-refractivity contribution in [3.63, 3.8) is 0 Å². The summed E-state index contributed by atoms with van der Waals surface area (Å²) in [5.74, 6) is 1.22. The number of aliphatic imine (C=N–C) groups is 1. The van der Waals surface area contributed by atoms with E-state index in [1.807, 2.05) is 18.3 Å². The largest absolute Gasteiger partial charge is 0.490 e. The summed E-state index contributed by atoms with van der Waals surface area (Å²) >= 11 is 0. The third-order valence-corrected chi connectivity index (χ3v) is 3.94. The lowest BCUT2D eigenvalue weighted by Gasteiger charge is -2.12. The average Bonchev–Trinajstić information content (AvgIpc) is 3.06. The monoisotopic (exact) mass is 483 g/mol. The number of aromatic amines is 1. The van der Waals surface area contributed by atoms with Crippen LogP contribution in [-0.2, 0) is 6.42 Å². The summed E-state index contributed by atoms with van der Waals surface area (Å²) in [6, 6.07) is 8.50. The van der Waals surface area contributed by atoms with Gasteiger partial charge < -0.3 is 20.4 Å². The quantitative estimate of drug-likeness (QED) is 0.209. The Balaban J connectivity index is 0.00000261. The highest BCUT2D eigenvalue weighted by atomic mass is 127. The second-order valence-corrected chi connectivity index (χ2v) is 5.72. The fourth-order valence-electron chi connectivity index (χ4n) is 2.67. The minimum atomic E-state index is -0.234. The van der Waals surface area contributed by atoms with Gasteiger partial charge in [-0.1, -0.05) is 0 Å². The van der Waals surface area contributed by atoms with Crippen molar-refractivity contribution in [1.82, 2.24) is 20.6 Å². The van der Waals surface area contributed by atoms with E-state index < -0.39 is 0 Å². The molecular weight excluding hydrogens is 460 g/mol. The predicted octanol–water partition coefficient (Wildman–Crippen LogP) is 3.11. The molecule has 1 aromatic carbocycles. The molecule has 0 saturated heterocycles. The van der Waals surface area contributed by atoms with Crippen molar-refractivity contribution >= 4 is 40.8 Å². The number of fused-ring (bicyclic) bond motifs is 1. The third-order valence-electron chi connectivity index (χ3n) is 3.94. The number of rotatable bonds is 7. The number of benzene rings is 1. The Labute approximate surface area is 174 Å². The first-order valence-corrected chi connectivity index (χ1v) is 8.49. The van der Waals surface area contributed by atoms with Gasteiger partial charge in [-0.25, -0.2) is 4.39 Å². The molecule has 2 aromatic heterocycles. The molecule has 0 spiro atoms. The molecule has 0 bridgehead atoms. The van der Waals surface area contributed by atoms with Crippen LogP contribution in [0.2, 0.25) is 0 Å². The molecule has 6 nitrogen and oxygen atoms in total. The third kappa shape index (κ3) is 6.09. The van der Waals surface area contributed by atoms with E-state index in [2.05, 4.69) is 25.6 Å². The highest BCUT2D eigenvalue weighted by Crippen LogP contribution is 2.19. The van der Waals surface area contributed by atoms with Gasteiger partial charge in [0.25, 0.3) is 0 Å². The van der Waals surface area contributed by atoms with Crippen molar-refractivity contribution in [1.29, 1.82) is 0 Å². The zero-order valence-electron chi connectivity index (χ0n) is 15.0. The molecule has 0 unspecified atom stereocenters. The maximum Gasteiger partial charge on any atom is 0.191 e. The summed E-state index contributed by atoms with van der Waals surface area (Å²) < 4.78 is 18.8. The van der Waals surface area contributed by atoms with E-state index in [1.54, 1.807) is 25.5 Å². The van der Waals surface area contributed by atoms with Gasteiger partial charge in [-0.15, -0.1) is 24.0 Å². The van der Waals surface area contributed by atoms with Crippen LogP contribution in [0.3, 0.4) is 0 Å². The SMILES string of the molecule is CN=C(NCCOc1cccnc1)NCCc1c[nH]c2cc(F)ccc12.I. The molecule has 0 saturated carbocycles. The van der Waals surface area contributed by atoms with Crippen LogP contribution in [0.1, 0.15) is 5.56 Å². The van der Waals surface area contributed by atoms with Gasteiger partial charge in [0.2, 0.25) is 0 Å². The highest BCUT2D eigenvalue weighted by molar-refractivity contribution is 14.0. The Hall–Kier alpha value is -2.36. The van der Waals surface area contributed by atoms with Crippen LogP contribution in [0.4, 0.5) is 4.39 Å². The van der Waals surface area contributed by atoms with Crippen LogP contribution >= 0.6 is 24.0 Å². The number of nitrogens with one attached hydrogen (secondary N) is 3. The molecule has 0 aliphatic heterocycles. The van der Waals surface area contributed by atoms with E-state index in [1.165, 1.54) is 12.1 Å². The molecule has 144 valence electrons. The van der Waals surface area contributed by atoms with Crippen molar-refractivity contribution < 1.29 is 9.13 Å². The number of guanidine groups is 1. The standard InChI is InChI=1S/C19H22FN5O.HI/c1-21-19(24-9-10-26-16-3-2-7-22-13-16)23-8-6-14-12-25-18-11-15(20)4-5-17(14)18;/h2-5,7,11-13,25H,6,8-10H2,1H3,(H2,21,23,24);1H. The van der Waals surface area contributed by atoms with Crippen molar-refractivity contribution in [2.45, 2.75) is 6.42 Å². The van der Waals surface area contributed by atoms with Gasteiger partial charge in [0.1, 0.15) is 18.2 Å². The van der Waals surface area contributed by atoms with Gasteiger partial charge in [-0.2, -0.15) is 0 Å². The van der Waals surface area contributed by atoms with Crippen LogP contribution in [0.25, 0.3) is 10.9 Å². The first-order chi connectivity index (χ1) is 12.8. The highest BCUT2D eigenvalue weighted by Gasteiger charge is 2.05. The summed E-state index contributed by atoms with van der Waals surface area (Å²) in [6.07, 6.45) is 6.11. The molecule has 0 amide bonds. The molecule has 0 aliphatic rings. The molecule has 2 heterocycles. The molecule has 27 heavy (non-hydrogen) atoms. The molecule has 3 aromatic rings. The van der Waals surface area contributed by atoms with E-state index in [-0.39, 0.29) is 29.8 Å². The van der Waals surface area contributed by atoms with Gasteiger partial charge in [0, 0.05) is 36.9 Å². The van der Waals surface area contributed by atoms with Gasteiger partial charge in [-0.3, -0.25) is 9.98 Å². The normalized spacial score (nSPS) is 11.1. The smallest absolute Gasteiger partial charge is 0.191 e. The second-order valence-electron chi connectivity index (χ2n) is 5.72. The summed E-state index contributed by atoms with van der Waals surface area (Å²) in [5, 5.41) is 7.51. The zero-order valence-corrected chi connectivity index (χ0v) is 17.4. The number of hydrogen-bond acceptors (Lipinski definition) is 3. The lowest BCUT2D eigenvalue weighted by atomic mass is 10.1. The van der Waals surface area contributed by atoms with Crippen LogP contribution < -0.4 is 15.4 Å². The van der Waals surface area contributed by atoms with Crippen molar-refractivity contribution in [2.24, 2.45) is 4.99 Å². The molecule has 8 heteroatoms. The fourth-order valence-corrected chi connectivity index (χ4v) is 2.67. The Bertz CT molecular complexity index is 869. The molecule has 0 radical (unpaired) electrons. The Kier molecular flexibility index (Phi) is 8.31. The number of pyridine rings is 1. The van der Waals surface area contributed by atoms with E-state index in [0.717, 1.165) is 28.6 Å². The van der Waals surface area contributed by atoms with Gasteiger partial charge in [0.15, 0.2) is 5.96 Å². The number of hydrogen-bond donors (Lipinski definition) is 3. The molecule has 0 fully saturated rings. The number of aromatic nitrogens is 2. The van der Waals surface area contributed by atoms with E-state index in [4.69, 9.17) is 4.74 Å². The maximum absolute atomic E-state index is 13.2. The first-order valence-electron chi connectivity index (χ1n) is 8.49. The summed E-state index contributed by atoms with van der Waals surface area (Å²) in [7, 11) is 1.73. The fraction of sp³-hybridized carbons (Fsp3) is 0.263. The Morgan fingerprint density at radius 1 is 1.26 bits per heavy atom. The molecule has 3 N–H and O–H groups in total. The van der Waals surface area contributed by atoms with Crippen LogP contribution in [0.15, 0.2) is 53.9 Å². The first kappa shape index (κ1) is 20.9. The summed E-state index contributed by atoms with van der Waals surface area (Å²) in [6.45, 7) is 1.86. The second kappa shape index (κ2) is 10.7. The number of halogens is 2. The van der Waals surface area contributed by atoms with Crippen molar-refractivity contribution in [3.05, 3.63) is 60.3 Å². The number of H-pyrrole nitrogens is 1. The van der Waals surface area contributed by atoms with Crippen molar-refractivity contribution in [3.8, 4) is 5.75 Å². The van der Waals surface area contributed by atoms with Crippen molar-refractivity contribution in [2.75, 3.05) is 26.7 Å². The average molecular weight is 483 g/mol. The maximum atomic E-state index is 13.2. The number of ether oxygens (including phenoxy) is 1. The van der Waals surface area contributed by atoms with Gasteiger partial charge in [-0.05, 0) is 42.3 Å². The van der Waals surface area contributed by atoms with Gasteiger partial charge in [0.05, 0.1) is 12.7 Å². The Morgan fingerprint density at radius 2 is 2.11 bits per heavy atom. The van der Waals surface area contributed by atoms with Gasteiger partial charge >= 0.3 is 0 Å². The van der Waals surface area contributed by atoms with Crippen LogP contribution in [-0.4, -0.2) is 42.7 Å². The number of nitrogens with zero attached hydrogens (tertiary/aromatic N) is 2. The lowest BCUT2D eigenvalue weighted by Crippen LogP contribution is -2.40. The van der Waals surface area contributed by atoms with E-state index in [0.29, 0.717) is 25.7 Å². The Morgan fingerprint density at radius 3 is 2.89 bits per heavy atom. The molecule has 0 atom stereocenters. The lowest BCUT2D eigenvalue weighted by molar-refractivity contribution is 0.320. The summed E-state index contributed by atoms with van der Waals surface area (Å²) in [4.78, 5) is 11.3. The van der Waals surface area contributed by atoms with E-state index >= 15 is 0 Å². The van der Waals surface area contributed by atoms with E-state index in [9.17, 15) is 4.39 Å². The molecule has 3 rings (SSSR count). The van der Waals surface area contributed by atoms with Crippen LogP contribution in [0.5, 0.6) is 5.75 Å². The predicted molar refractivity (Wildman–Crippen MR) is 116 cm³/mol. The zero-order chi connectivity index (χ0) is 18.2. The minimum Gasteiger partial charge on any atom is -0.490 e. The van der Waals surface area contributed by atoms with Crippen LogP contribution in [0, 0.1) is 5.82 Å². The molecular formula is C19H23FIN5O. The minimum absolute atomic E-state index is 0.